The number of hydrogen-bond acceptors (Lipinski definition) is 4. The predicted octanol–water partition coefficient (Wildman–Crippen LogP) is 4.34. The van der Waals surface area contributed by atoms with E-state index in [0.29, 0.717) is 28.7 Å². The largest absolute Gasteiger partial charge is 0.463 e. The summed E-state index contributed by atoms with van der Waals surface area (Å²) in [6, 6.07) is 12.8. The monoisotopic (exact) mass is 322 g/mol. The van der Waals surface area contributed by atoms with E-state index in [1.807, 2.05) is 37.3 Å². The van der Waals surface area contributed by atoms with Crippen molar-refractivity contribution in [3.8, 4) is 16.9 Å². The molecule has 0 atom stereocenters. The third kappa shape index (κ3) is 3.08. The Morgan fingerprint density at radius 1 is 1.17 bits per heavy atom. The fourth-order valence-electron chi connectivity index (χ4n) is 2.73. The van der Waals surface area contributed by atoms with E-state index in [1.54, 1.807) is 12.1 Å². The Hall–Kier alpha value is -2.88. The highest BCUT2D eigenvalue weighted by molar-refractivity contribution is 5.84. The number of esters is 1. The van der Waals surface area contributed by atoms with Gasteiger partial charge in [-0.2, -0.15) is 0 Å². The molecule has 3 rings (SSSR count). The molecule has 0 saturated heterocycles. The zero-order valence-corrected chi connectivity index (χ0v) is 13.7. The second-order valence-electron chi connectivity index (χ2n) is 5.64. The molecule has 0 aliphatic heterocycles. The van der Waals surface area contributed by atoms with Crippen LogP contribution in [0.15, 0.2) is 57.9 Å². The van der Waals surface area contributed by atoms with Crippen LogP contribution in [0.1, 0.15) is 25.8 Å². The predicted molar refractivity (Wildman–Crippen MR) is 93.2 cm³/mol. The third-order valence-electron chi connectivity index (χ3n) is 3.81. The van der Waals surface area contributed by atoms with Gasteiger partial charge in [0.25, 0.3) is 0 Å². The van der Waals surface area contributed by atoms with Crippen molar-refractivity contribution < 1.29 is 13.9 Å². The van der Waals surface area contributed by atoms with Crippen LogP contribution < -0.4 is 10.2 Å². The zero-order chi connectivity index (χ0) is 17.1. The number of benzene rings is 2. The SMILES string of the molecule is CCCc1cc2c(=O)c(-c3ccccc3)coc2cc1OC(C)=O. The second-order valence-corrected chi connectivity index (χ2v) is 5.64. The summed E-state index contributed by atoms with van der Waals surface area (Å²) in [7, 11) is 0. The number of ether oxygens (including phenoxy) is 1. The Morgan fingerprint density at radius 3 is 2.58 bits per heavy atom. The van der Waals surface area contributed by atoms with Gasteiger partial charge in [0, 0.05) is 13.0 Å². The highest BCUT2D eigenvalue weighted by Gasteiger charge is 2.14. The minimum Gasteiger partial charge on any atom is -0.463 e. The van der Waals surface area contributed by atoms with Crippen LogP contribution in [0.5, 0.6) is 5.75 Å². The Balaban J connectivity index is 2.21. The molecule has 1 heterocycles. The summed E-state index contributed by atoms with van der Waals surface area (Å²) in [5, 5.41) is 0.496. The van der Waals surface area contributed by atoms with Crippen molar-refractivity contribution in [1.82, 2.24) is 0 Å². The lowest BCUT2D eigenvalue weighted by atomic mass is 10.0. The van der Waals surface area contributed by atoms with Crippen LogP contribution in [-0.2, 0) is 11.2 Å². The van der Waals surface area contributed by atoms with Crippen molar-refractivity contribution in [2.75, 3.05) is 0 Å². The van der Waals surface area contributed by atoms with E-state index in [1.165, 1.54) is 13.2 Å². The first-order valence-corrected chi connectivity index (χ1v) is 7.92. The number of rotatable bonds is 4. The van der Waals surface area contributed by atoms with Crippen LogP contribution in [-0.4, -0.2) is 5.97 Å². The van der Waals surface area contributed by atoms with Gasteiger partial charge in [-0.05, 0) is 23.6 Å². The molecule has 0 unspecified atom stereocenters. The molecule has 4 heteroatoms. The average Bonchev–Trinajstić information content (AvgIpc) is 2.57. The summed E-state index contributed by atoms with van der Waals surface area (Å²) in [6.07, 6.45) is 3.05. The molecule has 3 aromatic rings. The Kier molecular flexibility index (Phi) is 4.47. The first-order chi connectivity index (χ1) is 11.6. The van der Waals surface area contributed by atoms with E-state index in [4.69, 9.17) is 9.15 Å². The molecule has 24 heavy (non-hydrogen) atoms. The highest BCUT2D eigenvalue weighted by atomic mass is 16.5. The molecule has 122 valence electrons. The van der Waals surface area contributed by atoms with Crippen LogP contribution in [0.2, 0.25) is 0 Å². The van der Waals surface area contributed by atoms with Crippen LogP contribution in [0.25, 0.3) is 22.1 Å². The van der Waals surface area contributed by atoms with Gasteiger partial charge in [-0.3, -0.25) is 9.59 Å². The van der Waals surface area contributed by atoms with E-state index < -0.39 is 5.97 Å². The zero-order valence-electron chi connectivity index (χ0n) is 13.7. The number of carbonyl (C=O) groups excluding carboxylic acids is 1. The standard InChI is InChI=1S/C20H18O4/c1-3-7-15-10-16-19(11-18(15)24-13(2)21)23-12-17(20(16)22)14-8-5-4-6-9-14/h4-6,8-12H,3,7H2,1-2H3. The van der Waals surface area contributed by atoms with E-state index >= 15 is 0 Å². The maximum atomic E-state index is 12.9. The summed E-state index contributed by atoms with van der Waals surface area (Å²) in [4.78, 5) is 24.1. The quantitative estimate of drug-likeness (QED) is 0.530. The van der Waals surface area contributed by atoms with Crippen molar-refractivity contribution in [3.05, 3.63) is 64.5 Å². The first kappa shape index (κ1) is 16.0. The van der Waals surface area contributed by atoms with Crippen LogP contribution in [0, 0.1) is 0 Å². The molecule has 0 N–H and O–H groups in total. The van der Waals surface area contributed by atoms with Gasteiger partial charge >= 0.3 is 5.97 Å². The fourth-order valence-corrected chi connectivity index (χ4v) is 2.73. The number of fused-ring (bicyclic) bond motifs is 1. The molecule has 4 nitrogen and oxygen atoms in total. The van der Waals surface area contributed by atoms with Crippen molar-refractivity contribution >= 4 is 16.9 Å². The lowest BCUT2D eigenvalue weighted by molar-refractivity contribution is -0.131. The summed E-state index contributed by atoms with van der Waals surface area (Å²) in [5.74, 6) is 0.0578. The molecule has 0 bridgehead atoms. The van der Waals surface area contributed by atoms with E-state index in [9.17, 15) is 9.59 Å². The first-order valence-electron chi connectivity index (χ1n) is 7.92. The molecular weight excluding hydrogens is 304 g/mol. The van der Waals surface area contributed by atoms with Gasteiger partial charge in [0.1, 0.15) is 17.6 Å². The van der Waals surface area contributed by atoms with Gasteiger partial charge in [-0.25, -0.2) is 0 Å². The van der Waals surface area contributed by atoms with Crippen LogP contribution in [0.3, 0.4) is 0 Å². The molecule has 0 fully saturated rings. The van der Waals surface area contributed by atoms with Crippen LogP contribution in [0.4, 0.5) is 0 Å². The van der Waals surface area contributed by atoms with E-state index in [-0.39, 0.29) is 5.43 Å². The molecule has 2 aromatic carbocycles. The van der Waals surface area contributed by atoms with Crippen molar-refractivity contribution in [2.24, 2.45) is 0 Å². The maximum Gasteiger partial charge on any atom is 0.308 e. The van der Waals surface area contributed by atoms with Gasteiger partial charge in [-0.1, -0.05) is 43.7 Å². The smallest absolute Gasteiger partial charge is 0.308 e. The van der Waals surface area contributed by atoms with E-state index in [0.717, 1.165) is 17.5 Å². The minimum absolute atomic E-state index is 0.0887. The van der Waals surface area contributed by atoms with Crippen molar-refractivity contribution in [2.45, 2.75) is 26.7 Å². The Bertz CT molecular complexity index is 939. The summed E-state index contributed by atoms with van der Waals surface area (Å²) < 4.78 is 10.9. The molecule has 0 aliphatic rings. The molecule has 0 radical (unpaired) electrons. The summed E-state index contributed by atoms with van der Waals surface area (Å²) >= 11 is 0. The molecule has 0 amide bonds. The second kappa shape index (κ2) is 6.71. The van der Waals surface area contributed by atoms with Gasteiger partial charge in [-0.15, -0.1) is 0 Å². The van der Waals surface area contributed by atoms with Crippen LogP contribution >= 0.6 is 0 Å². The fraction of sp³-hybridized carbons (Fsp3) is 0.200. The van der Waals surface area contributed by atoms with E-state index in [2.05, 4.69) is 0 Å². The average molecular weight is 322 g/mol. The van der Waals surface area contributed by atoms with Gasteiger partial charge < -0.3 is 9.15 Å². The molecular formula is C20H18O4. The normalized spacial score (nSPS) is 10.8. The Morgan fingerprint density at radius 2 is 1.92 bits per heavy atom. The van der Waals surface area contributed by atoms with Gasteiger partial charge in [0.05, 0.1) is 10.9 Å². The van der Waals surface area contributed by atoms with Crippen molar-refractivity contribution in [1.29, 1.82) is 0 Å². The van der Waals surface area contributed by atoms with Crippen molar-refractivity contribution in [3.63, 3.8) is 0 Å². The summed E-state index contributed by atoms with van der Waals surface area (Å²) in [5.41, 5.74) is 2.49. The number of carbonyl (C=O) groups is 1. The lowest BCUT2D eigenvalue weighted by Gasteiger charge is -2.10. The molecule has 0 saturated carbocycles. The third-order valence-corrected chi connectivity index (χ3v) is 3.81. The van der Waals surface area contributed by atoms with Gasteiger partial charge in [0.2, 0.25) is 5.43 Å². The van der Waals surface area contributed by atoms with Gasteiger partial charge in [0.15, 0.2) is 0 Å². The molecule has 0 aliphatic carbocycles. The summed E-state index contributed by atoms with van der Waals surface area (Å²) in [6.45, 7) is 3.39. The molecule has 1 aromatic heterocycles. The Labute approximate surface area is 139 Å². The highest BCUT2D eigenvalue weighted by Crippen LogP contribution is 2.28. The topological polar surface area (TPSA) is 56.5 Å². The molecule has 0 spiro atoms. The number of aryl methyl sites for hydroxylation is 1. The maximum absolute atomic E-state index is 12.9. The lowest BCUT2D eigenvalue weighted by Crippen LogP contribution is -2.08. The minimum atomic E-state index is -0.394. The number of hydrogen-bond donors (Lipinski definition) is 0.